The topological polar surface area (TPSA) is 66.4 Å². The van der Waals surface area contributed by atoms with Crippen LogP contribution in [0.25, 0.3) is 0 Å². The van der Waals surface area contributed by atoms with Crippen molar-refractivity contribution in [3.63, 3.8) is 0 Å². The Kier molecular flexibility index (Phi) is 3.97. The molecule has 2 N–H and O–H groups in total. The van der Waals surface area contributed by atoms with Gasteiger partial charge in [-0.05, 0) is 25.0 Å². The summed E-state index contributed by atoms with van der Waals surface area (Å²) in [4.78, 5) is 23.4. The van der Waals surface area contributed by atoms with Crippen molar-refractivity contribution in [3.05, 3.63) is 0 Å². The van der Waals surface area contributed by atoms with Crippen molar-refractivity contribution >= 4 is 23.6 Å². The van der Waals surface area contributed by atoms with E-state index in [4.69, 9.17) is 0 Å². The fourth-order valence-corrected chi connectivity index (χ4v) is 3.85. The SMILES string of the molecule is O=C(NC1(C(=O)O)CCCCC1)C1CCSC1. The van der Waals surface area contributed by atoms with Gasteiger partial charge in [-0.2, -0.15) is 11.8 Å². The molecule has 2 fully saturated rings. The highest BCUT2D eigenvalue weighted by molar-refractivity contribution is 7.99. The van der Waals surface area contributed by atoms with Gasteiger partial charge < -0.3 is 10.4 Å². The predicted octanol–water partition coefficient (Wildman–Crippen LogP) is 1.64. The van der Waals surface area contributed by atoms with E-state index in [1.165, 1.54) is 0 Å². The van der Waals surface area contributed by atoms with Gasteiger partial charge in [0.1, 0.15) is 5.54 Å². The predicted molar refractivity (Wildman–Crippen MR) is 67.0 cm³/mol. The first-order valence-corrected chi connectivity index (χ1v) is 7.43. The number of carboxylic acid groups (broad SMARTS) is 1. The molecule has 2 aliphatic rings. The first kappa shape index (κ1) is 12.7. The molecule has 1 unspecified atom stereocenters. The lowest BCUT2D eigenvalue weighted by molar-refractivity contribution is -0.149. The van der Waals surface area contributed by atoms with E-state index >= 15 is 0 Å². The molecule has 5 heteroatoms. The summed E-state index contributed by atoms with van der Waals surface area (Å²) in [5.41, 5.74) is -0.984. The number of carbonyl (C=O) groups is 2. The lowest BCUT2D eigenvalue weighted by Crippen LogP contribution is -2.57. The molecule has 1 aliphatic heterocycles. The number of hydrogen-bond donors (Lipinski definition) is 2. The number of hydrogen-bond acceptors (Lipinski definition) is 3. The molecule has 2 rings (SSSR count). The third kappa shape index (κ3) is 2.76. The van der Waals surface area contributed by atoms with Gasteiger partial charge in [-0.1, -0.05) is 19.3 Å². The van der Waals surface area contributed by atoms with Crippen LogP contribution in [-0.4, -0.2) is 34.0 Å². The fraction of sp³-hybridized carbons (Fsp3) is 0.833. The molecular weight excluding hydrogens is 238 g/mol. The number of carbonyl (C=O) groups excluding carboxylic acids is 1. The van der Waals surface area contributed by atoms with Crippen LogP contribution < -0.4 is 5.32 Å². The summed E-state index contributed by atoms with van der Waals surface area (Å²) in [5.74, 6) is 0.938. The molecule has 17 heavy (non-hydrogen) atoms. The van der Waals surface area contributed by atoms with E-state index in [2.05, 4.69) is 5.32 Å². The summed E-state index contributed by atoms with van der Waals surface area (Å²) in [5, 5.41) is 12.2. The third-order valence-electron chi connectivity index (χ3n) is 3.78. The van der Waals surface area contributed by atoms with E-state index in [0.29, 0.717) is 12.8 Å². The molecule has 1 aliphatic carbocycles. The van der Waals surface area contributed by atoms with Crippen molar-refractivity contribution in [1.29, 1.82) is 0 Å². The van der Waals surface area contributed by atoms with Crippen molar-refractivity contribution < 1.29 is 14.7 Å². The molecule has 96 valence electrons. The zero-order valence-corrected chi connectivity index (χ0v) is 10.7. The Bertz CT molecular complexity index is 307. The Morgan fingerprint density at radius 2 is 1.94 bits per heavy atom. The molecule has 1 atom stereocenters. The zero-order chi connectivity index (χ0) is 12.3. The van der Waals surface area contributed by atoms with Gasteiger partial charge in [0.25, 0.3) is 0 Å². The molecule has 0 spiro atoms. The second-order valence-electron chi connectivity index (χ2n) is 5.00. The Labute approximate surface area is 106 Å². The van der Waals surface area contributed by atoms with Gasteiger partial charge >= 0.3 is 5.97 Å². The lowest BCUT2D eigenvalue weighted by Gasteiger charge is -2.34. The smallest absolute Gasteiger partial charge is 0.329 e. The Hall–Kier alpha value is -0.710. The number of thioether (sulfide) groups is 1. The van der Waals surface area contributed by atoms with Crippen LogP contribution in [0.5, 0.6) is 0 Å². The molecule has 0 aromatic rings. The Morgan fingerprint density at radius 1 is 1.24 bits per heavy atom. The van der Waals surface area contributed by atoms with Crippen LogP contribution >= 0.6 is 11.8 Å². The maximum Gasteiger partial charge on any atom is 0.329 e. The van der Waals surface area contributed by atoms with Crippen molar-refractivity contribution in [2.45, 2.75) is 44.1 Å². The second kappa shape index (κ2) is 5.29. The first-order chi connectivity index (χ1) is 8.14. The maximum absolute atomic E-state index is 12.0. The van der Waals surface area contributed by atoms with E-state index < -0.39 is 11.5 Å². The first-order valence-electron chi connectivity index (χ1n) is 6.27. The maximum atomic E-state index is 12.0. The van der Waals surface area contributed by atoms with Gasteiger partial charge in [-0.25, -0.2) is 4.79 Å². The van der Waals surface area contributed by atoms with E-state index in [1.807, 2.05) is 0 Å². The monoisotopic (exact) mass is 257 g/mol. The van der Waals surface area contributed by atoms with Crippen LogP contribution in [0.1, 0.15) is 38.5 Å². The van der Waals surface area contributed by atoms with Gasteiger partial charge in [-0.15, -0.1) is 0 Å². The molecular formula is C12H19NO3S. The highest BCUT2D eigenvalue weighted by Gasteiger charge is 2.42. The number of carboxylic acids is 1. The molecule has 1 amide bonds. The second-order valence-corrected chi connectivity index (χ2v) is 6.15. The van der Waals surface area contributed by atoms with Crippen molar-refractivity contribution in [3.8, 4) is 0 Å². The lowest BCUT2D eigenvalue weighted by atomic mass is 9.81. The van der Waals surface area contributed by atoms with Gasteiger partial charge in [0, 0.05) is 11.7 Å². The molecule has 0 radical (unpaired) electrons. The van der Waals surface area contributed by atoms with Gasteiger partial charge in [-0.3, -0.25) is 4.79 Å². The third-order valence-corrected chi connectivity index (χ3v) is 4.94. The van der Waals surface area contributed by atoms with E-state index in [9.17, 15) is 14.7 Å². The molecule has 4 nitrogen and oxygen atoms in total. The minimum Gasteiger partial charge on any atom is -0.480 e. The molecule has 0 aromatic heterocycles. The van der Waals surface area contributed by atoms with Crippen LogP contribution in [0.4, 0.5) is 0 Å². The van der Waals surface area contributed by atoms with E-state index in [-0.39, 0.29) is 11.8 Å². The standard InChI is InChI=1S/C12H19NO3S/c14-10(9-4-7-17-8-9)13-12(11(15)16)5-2-1-3-6-12/h9H,1-8H2,(H,13,14)(H,15,16). The minimum atomic E-state index is -0.984. The normalized spacial score (nSPS) is 27.6. The van der Waals surface area contributed by atoms with Gasteiger partial charge in [0.15, 0.2) is 0 Å². The van der Waals surface area contributed by atoms with Crippen LogP contribution in [0, 0.1) is 5.92 Å². The Balaban J connectivity index is 2.01. The van der Waals surface area contributed by atoms with Gasteiger partial charge in [0.05, 0.1) is 0 Å². The largest absolute Gasteiger partial charge is 0.480 e. The number of aliphatic carboxylic acids is 1. The van der Waals surface area contributed by atoms with Crippen LogP contribution in [0.15, 0.2) is 0 Å². The average Bonchev–Trinajstić information content (AvgIpc) is 2.83. The van der Waals surface area contributed by atoms with Crippen molar-refractivity contribution in [2.24, 2.45) is 5.92 Å². The number of rotatable bonds is 3. The molecule has 0 aromatic carbocycles. The number of amides is 1. The molecule has 0 bridgehead atoms. The van der Waals surface area contributed by atoms with Crippen molar-refractivity contribution in [2.75, 3.05) is 11.5 Å². The van der Waals surface area contributed by atoms with Crippen molar-refractivity contribution in [1.82, 2.24) is 5.32 Å². The number of nitrogens with one attached hydrogen (secondary N) is 1. The summed E-state index contributed by atoms with van der Waals surface area (Å²) >= 11 is 1.77. The van der Waals surface area contributed by atoms with Gasteiger partial charge in [0.2, 0.25) is 5.91 Å². The highest BCUT2D eigenvalue weighted by Crippen LogP contribution is 2.30. The van der Waals surface area contributed by atoms with E-state index in [1.54, 1.807) is 11.8 Å². The zero-order valence-electron chi connectivity index (χ0n) is 9.91. The summed E-state index contributed by atoms with van der Waals surface area (Å²) in [6.45, 7) is 0. The average molecular weight is 257 g/mol. The van der Waals surface area contributed by atoms with Crippen LogP contribution in [-0.2, 0) is 9.59 Å². The Morgan fingerprint density at radius 3 is 2.47 bits per heavy atom. The highest BCUT2D eigenvalue weighted by atomic mass is 32.2. The van der Waals surface area contributed by atoms with Crippen LogP contribution in [0.3, 0.4) is 0 Å². The quantitative estimate of drug-likeness (QED) is 0.806. The molecule has 1 saturated carbocycles. The van der Waals surface area contributed by atoms with Crippen LogP contribution in [0.2, 0.25) is 0 Å². The summed E-state index contributed by atoms with van der Waals surface area (Å²) < 4.78 is 0. The molecule has 1 heterocycles. The fourth-order valence-electron chi connectivity index (χ4n) is 2.63. The molecule has 1 saturated heterocycles. The minimum absolute atomic E-state index is 0.0122. The van der Waals surface area contributed by atoms with E-state index in [0.717, 1.165) is 37.2 Å². The summed E-state index contributed by atoms with van der Waals surface area (Å²) in [6, 6.07) is 0. The summed E-state index contributed by atoms with van der Waals surface area (Å²) in [7, 11) is 0. The summed E-state index contributed by atoms with van der Waals surface area (Å²) in [6.07, 6.45) is 4.90.